The van der Waals surface area contributed by atoms with Crippen molar-refractivity contribution in [2.24, 2.45) is 0 Å². The number of benzene rings is 2. The topological polar surface area (TPSA) is 48.0 Å². The van der Waals surface area contributed by atoms with Crippen LogP contribution in [-0.4, -0.2) is 30.2 Å². The molecule has 148 valence electrons. The van der Waals surface area contributed by atoms with Crippen LogP contribution in [0.15, 0.2) is 36.4 Å². The quantitative estimate of drug-likeness (QED) is 0.745. The summed E-state index contributed by atoms with van der Waals surface area (Å²) < 4.78 is 16.7. The van der Waals surface area contributed by atoms with Crippen LogP contribution in [0, 0.1) is 13.8 Å². The monoisotopic (exact) mass is 381 g/mol. The highest BCUT2D eigenvalue weighted by molar-refractivity contribution is 5.78. The van der Waals surface area contributed by atoms with E-state index in [0.29, 0.717) is 6.54 Å². The molecule has 0 radical (unpaired) electrons. The van der Waals surface area contributed by atoms with Gasteiger partial charge in [0.15, 0.2) is 18.1 Å². The van der Waals surface area contributed by atoms with E-state index in [1.54, 1.807) is 0 Å². The highest BCUT2D eigenvalue weighted by Crippen LogP contribution is 2.33. The molecule has 0 saturated heterocycles. The number of aryl methyl sites for hydroxylation is 2. The summed E-state index contributed by atoms with van der Waals surface area (Å²) >= 11 is 0. The second kappa shape index (κ2) is 8.13. The number of amides is 1. The first-order chi connectivity index (χ1) is 13.6. The number of ether oxygens (including phenoxy) is 3. The van der Waals surface area contributed by atoms with Gasteiger partial charge in [0.25, 0.3) is 5.91 Å². The highest BCUT2D eigenvalue weighted by atomic mass is 16.7. The zero-order chi connectivity index (χ0) is 19.5. The molecular formula is C23H27NO4. The molecule has 0 bridgehead atoms. The maximum atomic E-state index is 13.0. The summed E-state index contributed by atoms with van der Waals surface area (Å²) in [4.78, 5) is 15.0. The predicted octanol–water partition coefficient (Wildman–Crippen LogP) is 4.38. The Hall–Kier alpha value is -2.69. The standard InChI is InChI=1S/C23H27NO4/c1-16-7-9-20(11-17(16)2)26-14-23(25)24(19-5-3-4-6-19)13-18-8-10-21-22(12-18)28-15-27-21/h7-12,19H,3-6,13-15H2,1-2H3. The minimum Gasteiger partial charge on any atom is -0.484 e. The van der Waals surface area contributed by atoms with E-state index in [-0.39, 0.29) is 25.3 Å². The number of fused-ring (bicyclic) bond motifs is 1. The van der Waals surface area contributed by atoms with Crippen LogP contribution in [0.3, 0.4) is 0 Å². The fraction of sp³-hybridized carbons (Fsp3) is 0.435. The van der Waals surface area contributed by atoms with E-state index in [2.05, 4.69) is 13.8 Å². The van der Waals surface area contributed by atoms with Crippen LogP contribution in [0.2, 0.25) is 0 Å². The van der Waals surface area contributed by atoms with Crippen LogP contribution in [0.4, 0.5) is 0 Å². The number of rotatable bonds is 6. The molecule has 0 aromatic heterocycles. The van der Waals surface area contributed by atoms with Gasteiger partial charge in [-0.2, -0.15) is 0 Å². The molecule has 2 aromatic carbocycles. The number of nitrogens with zero attached hydrogens (tertiary/aromatic N) is 1. The Morgan fingerprint density at radius 3 is 2.61 bits per heavy atom. The summed E-state index contributed by atoms with van der Waals surface area (Å²) in [6.45, 7) is 5.00. The van der Waals surface area contributed by atoms with Gasteiger partial charge in [-0.3, -0.25) is 4.79 Å². The molecule has 2 aliphatic rings. The highest BCUT2D eigenvalue weighted by Gasteiger charge is 2.27. The number of carbonyl (C=O) groups excluding carboxylic acids is 1. The Morgan fingerprint density at radius 1 is 1.04 bits per heavy atom. The lowest BCUT2D eigenvalue weighted by atomic mass is 10.1. The number of carbonyl (C=O) groups is 1. The van der Waals surface area contributed by atoms with Gasteiger partial charge in [0, 0.05) is 12.6 Å². The second-order valence-corrected chi connectivity index (χ2v) is 7.68. The average Bonchev–Trinajstić information content (AvgIpc) is 3.38. The van der Waals surface area contributed by atoms with Crippen LogP contribution >= 0.6 is 0 Å². The third-order valence-corrected chi connectivity index (χ3v) is 5.72. The van der Waals surface area contributed by atoms with Gasteiger partial charge >= 0.3 is 0 Å². The average molecular weight is 381 g/mol. The van der Waals surface area contributed by atoms with Crippen molar-refractivity contribution >= 4 is 5.91 Å². The van der Waals surface area contributed by atoms with Crippen LogP contribution in [0.25, 0.3) is 0 Å². The van der Waals surface area contributed by atoms with Gasteiger partial charge in [-0.15, -0.1) is 0 Å². The summed E-state index contributed by atoms with van der Waals surface area (Å²) in [5.74, 6) is 2.29. The molecule has 5 heteroatoms. The van der Waals surface area contributed by atoms with E-state index in [9.17, 15) is 4.79 Å². The molecule has 1 saturated carbocycles. The molecule has 1 aliphatic carbocycles. The Bertz CT molecular complexity index is 858. The van der Waals surface area contributed by atoms with Gasteiger partial charge in [-0.1, -0.05) is 25.0 Å². The van der Waals surface area contributed by atoms with E-state index in [1.807, 2.05) is 41.3 Å². The molecule has 1 amide bonds. The first kappa shape index (κ1) is 18.7. The molecular weight excluding hydrogens is 354 g/mol. The smallest absolute Gasteiger partial charge is 0.261 e. The Morgan fingerprint density at radius 2 is 1.82 bits per heavy atom. The maximum absolute atomic E-state index is 13.0. The lowest BCUT2D eigenvalue weighted by molar-refractivity contribution is -0.136. The van der Waals surface area contributed by atoms with Crippen LogP contribution in [-0.2, 0) is 11.3 Å². The fourth-order valence-electron chi connectivity index (χ4n) is 3.90. The lowest BCUT2D eigenvalue weighted by Gasteiger charge is -2.29. The Balaban J connectivity index is 1.45. The first-order valence-electron chi connectivity index (χ1n) is 9.98. The van der Waals surface area contributed by atoms with Crippen molar-refractivity contribution in [3.63, 3.8) is 0 Å². The second-order valence-electron chi connectivity index (χ2n) is 7.68. The van der Waals surface area contributed by atoms with Crippen molar-refractivity contribution in [3.8, 4) is 17.2 Å². The van der Waals surface area contributed by atoms with Crippen molar-refractivity contribution in [1.82, 2.24) is 4.90 Å². The van der Waals surface area contributed by atoms with Crippen LogP contribution in [0.1, 0.15) is 42.4 Å². The molecule has 0 N–H and O–H groups in total. The first-order valence-corrected chi connectivity index (χ1v) is 9.98. The van der Waals surface area contributed by atoms with E-state index in [0.717, 1.165) is 41.2 Å². The third-order valence-electron chi connectivity index (χ3n) is 5.72. The van der Waals surface area contributed by atoms with Crippen molar-refractivity contribution in [3.05, 3.63) is 53.1 Å². The number of hydrogen-bond donors (Lipinski definition) is 0. The van der Waals surface area contributed by atoms with Crippen molar-refractivity contribution in [2.45, 2.75) is 52.1 Å². The van der Waals surface area contributed by atoms with Crippen molar-refractivity contribution < 1.29 is 19.0 Å². The van der Waals surface area contributed by atoms with E-state index >= 15 is 0 Å². The van der Waals surface area contributed by atoms with E-state index in [1.165, 1.54) is 18.4 Å². The van der Waals surface area contributed by atoms with Gasteiger partial charge in [0.05, 0.1) is 0 Å². The van der Waals surface area contributed by atoms with Gasteiger partial charge in [0.2, 0.25) is 6.79 Å². The van der Waals surface area contributed by atoms with Crippen molar-refractivity contribution in [1.29, 1.82) is 0 Å². The molecule has 0 unspecified atom stereocenters. The third kappa shape index (κ3) is 4.08. The number of hydrogen-bond acceptors (Lipinski definition) is 4. The van der Waals surface area contributed by atoms with Gasteiger partial charge in [0.1, 0.15) is 5.75 Å². The van der Waals surface area contributed by atoms with Crippen LogP contribution in [0.5, 0.6) is 17.2 Å². The molecule has 0 atom stereocenters. The largest absolute Gasteiger partial charge is 0.484 e. The lowest BCUT2D eigenvalue weighted by Crippen LogP contribution is -2.41. The fourth-order valence-corrected chi connectivity index (χ4v) is 3.90. The molecule has 1 fully saturated rings. The molecule has 4 rings (SSSR count). The summed E-state index contributed by atoms with van der Waals surface area (Å²) in [7, 11) is 0. The van der Waals surface area contributed by atoms with E-state index in [4.69, 9.17) is 14.2 Å². The minimum atomic E-state index is 0.0304. The van der Waals surface area contributed by atoms with Gasteiger partial charge in [-0.25, -0.2) is 0 Å². The minimum absolute atomic E-state index is 0.0304. The zero-order valence-corrected chi connectivity index (χ0v) is 16.6. The Labute approximate surface area is 166 Å². The van der Waals surface area contributed by atoms with Gasteiger partial charge < -0.3 is 19.1 Å². The van der Waals surface area contributed by atoms with Crippen LogP contribution < -0.4 is 14.2 Å². The summed E-state index contributed by atoms with van der Waals surface area (Å²) in [6, 6.07) is 12.1. The summed E-state index contributed by atoms with van der Waals surface area (Å²) in [5.41, 5.74) is 3.43. The van der Waals surface area contributed by atoms with Gasteiger partial charge in [-0.05, 0) is 67.6 Å². The van der Waals surface area contributed by atoms with Crippen molar-refractivity contribution in [2.75, 3.05) is 13.4 Å². The van der Waals surface area contributed by atoms with E-state index < -0.39 is 0 Å². The maximum Gasteiger partial charge on any atom is 0.261 e. The normalized spacial score (nSPS) is 15.6. The predicted molar refractivity (Wildman–Crippen MR) is 107 cm³/mol. The molecule has 1 aliphatic heterocycles. The molecule has 0 spiro atoms. The Kier molecular flexibility index (Phi) is 5.42. The molecule has 5 nitrogen and oxygen atoms in total. The molecule has 28 heavy (non-hydrogen) atoms. The zero-order valence-electron chi connectivity index (χ0n) is 16.6. The molecule has 2 aromatic rings. The SMILES string of the molecule is Cc1ccc(OCC(=O)N(Cc2ccc3c(c2)OCO3)C2CCCC2)cc1C. The molecule has 1 heterocycles. The summed E-state index contributed by atoms with van der Waals surface area (Å²) in [5, 5.41) is 0. The summed E-state index contributed by atoms with van der Waals surface area (Å²) in [6.07, 6.45) is 4.46.